The minimum atomic E-state index is -3.43. The van der Waals surface area contributed by atoms with E-state index in [1.807, 2.05) is 109 Å². The Balaban J connectivity index is 0.000000271. The normalized spacial score (nSPS) is 12.2. The Morgan fingerprint density at radius 3 is 0.893 bits per heavy atom. The molecule has 4 rings (SSSR count). The minimum absolute atomic E-state index is 0.962. The van der Waals surface area contributed by atoms with Crippen LogP contribution in [0.25, 0.3) is 0 Å². The predicted molar refractivity (Wildman–Crippen MR) is 128 cm³/mol. The number of hydrogen-bond acceptors (Lipinski definition) is 0. The molecule has 0 saturated heterocycles. The van der Waals surface area contributed by atoms with Gasteiger partial charge in [-0.25, -0.2) is 0 Å². The van der Waals surface area contributed by atoms with Gasteiger partial charge in [0.25, 0.3) is 0 Å². The number of benzene rings is 4. The molecule has 0 amide bonds. The molecule has 0 atom stereocenters. The second-order valence-corrected chi connectivity index (χ2v) is 14.5. The molecular formula is C25H23Cl2P. The van der Waals surface area contributed by atoms with Crippen molar-refractivity contribution >= 4 is 43.7 Å². The molecule has 0 aliphatic rings. The van der Waals surface area contributed by atoms with Gasteiger partial charge in [-0.1, -0.05) is 35.9 Å². The quantitative estimate of drug-likeness (QED) is 0.316. The SMILES string of the molecule is Cc1ccccc1.ClP(Cl)(c1ccccc1)(c1ccccc1)c1ccccc1. The van der Waals surface area contributed by atoms with Crippen LogP contribution < -0.4 is 15.9 Å². The van der Waals surface area contributed by atoms with Crippen LogP contribution in [-0.2, 0) is 0 Å². The maximum atomic E-state index is 7.27. The molecule has 0 aliphatic heterocycles. The van der Waals surface area contributed by atoms with Gasteiger partial charge in [-0.05, 0) is 6.92 Å². The van der Waals surface area contributed by atoms with Crippen LogP contribution in [0.2, 0.25) is 0 Å². The van der Waals surface area contributed by atoms with Crippen molar-refractivity contribution in [2.45, 2.75) is 6.92 Å². The summed E-state index contributed by atoms with van der Waals surface area (Å²) in [4.78, 5) is 0. The summed E-state index contributed by atoms with van der Waals surface area (Å²) in [7, 11) is 0. The van der Waals surface area contributed by atoms with E-state index >= 15 is 0 Å². The van der Waals surface area contributed by atoms with Gasteiger partial charge in [0.1, 0.15) is 0 Å². The summed E-state index contributed by atoms with van der Waals surface area (Å²) in [5.41, 5.74) is 1.32. The average molecular weight is 425 g/mol. The van der Waals surface area contributed by atoms with Crippen molar-refractivity contribution in [2.75, 3.05) is 0 Å². The predicted octanol–water partition coefficient (Wildman–Crippen LogP) is 6.82. The summed E-state index contributed by atoms with van der Waals surface area (Å²) in [6.45, 7) is 2.08. The first-order valence-corrected chi connectivity index (χ1v) is 13.2. The Kier molecular flexibility index (Phi) is 6.57. The topological polar surface area (TPSA) is 0 Å². The second kappa shape index (κ2) is 8.93. The van der Waals surface area contributed by atoms with Gasteiger partial charge < -0.3 is 0 Å². The van der Waals surface area contributed by atoms with Gasteiger partial charge >= 0.3 is 135 Å². The van der Waals surface area contributed by atoms with Gasteiger partial charge in [-0.15, -0.1) is 0 Å². The Morgan fingerprint density at radius 1 is 0.429 bits per heavy atom. The Hall–Kier alpha value is -2.11. The number of hydrogen-bond donors (Lipinski definition) is 0. The first-order chi connectivity index (χ1) is 13.5. The third kappa shape index (κ3) is 4.31. The fraction of sp³-hybridized carbons (Fsp3) is 0.0400. The van der Waals surface area contributed by atoms with E-state index in [2.05, 4.69) is 19.1 Å². The van der Waals surface area contributed by atoms with Crippen molar-refractivity contribution in [1.29, 1.82) is 0 Å². The Morgan fingerprint density at radius 2 is 0.679 bits per heavy atom. The molecule has 142 valence electrons. The molecule has 0 spiro atoms. The molecule has 0 N–H and O–H groups in total. The van der Waals surface area contributed by atoms with Gasteiger partial charge in [0.05, 0.1) is 0 Å². The summed E-state index contributed by atoms with van der Waals surface area (Å²) < 4.78 is 0. The monoisotopic (exact) mass is 424 g/mol. The number of rotatable bonds is 3. The van der Waals surface area contributed by atoms with Gasteiger partial charge in [0.2, 0.25) is 0 Å². The summed E-state index contributed by atoms with van der Waals surface area (Å²) in [5, 5.41) is -0.543. The van der Waals surface area contributed by atoms with Crippen molar-refractivity contribution in [3.8, 4) is 0 Å². The number of halogens is 2. The van der Waals surface area contributed by atoms with Crippen LogP contribution in [-0.4, -0.2) is 0 Å². The van der Waals surface area contributed by atoms with E-state index in [0.29, 0.717) is 0 Å². The zero-order chi connectivity index (χ0) is 19.9. The van der Waals surface area contributed by atoms with E-state index in [1.54, 1.807) is 0 Å². The van der Waals surface area contributed by atoms with Gasteiger partial charge in [-0.2, -0.15) is 0 Å². The zero-order valence-electron chi connectivity index (χ0n) is 15.8. The van der Waals surface area contributed by atoms with Gasteiger partial charge in [0.15, 0.2) is 0 Å². The molecule has 0 saturated carbocycles. The molecule has 4 aromatic rings. The van der Waals surface area contributed by atoms with Crippen molar-refractivity contribution in [2.24, 2.45) is 0 Å². The summed E-state index contributed by atoms with van der Waals surface area (Å²) in [6.07, 6.45) is 0. The molecule has 0 aromatic heterocycles. The molecule has 0 heterocycles. The maximum absolute atomic E-state index is 7.27. The molecule has 0 aliphatic carbocycles. The van der Waals surface area contributed by atoms with Crippen molar-refractivity contribution < 1.29 is 0 Å². The molecular weight excluding hydrogens is 402 g/mol. The molecule has 0 bridgehead atoms. The fourth-order valence-electron chi connectivity index (χ4n) is 3.05. The molecule has 4 aromatic carbocycles. The van der Waals surface area contributed by atoms with Gasteiger partial charge in [0, 0.05) is 0 Å². The zero-order valence-corrected chi connectivity index (χ0v) is 18.2. The van der Waals surface area contributed by atoms with E-state index in [9.17, 15) is 0 Å². The Labute approximate surface area is 177 Å². The average Bonchev–Trinajstić information content (AvgIpc) is 2.77. The van der Waals surface area contributed by atoms with E-state index in [4.69, 9.17) is 22.5 Å². The summed E-state index contributed by atoms with van der Waals surface area (Å²) >= 11 is 14.5. The van der Waals surface area contributed by atoms with Crippen LogP contribution in [0.4, 0.5) is 0 Å². The Bertz CT molecular complexity index is 882. The fourth-order valence-corrected chi connectivity index (χ4v) is 8.06. The molecule has 0 radical (unpaired) electrons. The van der Waals surface area contributed by atoms with Crippen LogP contribution in [0.3, 0.4) is 0 Å². The standard InChI is InChI=1S/C18H15Cl2P.C7H8/c19-21(20,16-10-4-1-5-11-16,17-12-6-2-7-13-17)18-14-8-3-9-15-18;1-7-5-3-2-4-6-7/h1-15H;2-6H,1H3. The number of aryl methyl sites for hydroxylation is 1. The molecule has 3 heteroatoms. The van der Waals surface area contributed by atoms with Crippen molar-refractivity contribution in [3.05, 3.63) is 127 Å². The van der Waals surface area contributed by atoms with Gasteiger partial charge in [-0.3, -0.25) is 0 Å². The molecule has 0 fully saturated rings. The van der Waals surface area contributed by atoms with Crippen LogP contribution in [0.5, 0.6) is 0 Å². The van der Waals surface area contributed by atoms with E-state index in [0.717, 1.165) is 15.9 Å². The molecule has 28 heavy (non-hydrogen) atoms. The van der Waals surface area contributed by atoms with Crippen LogP contribution in [0.15, 0.2) is 121 Å². The van der Waals surface area contributed by atoms with Crippen LogP contribution in [0, 0.1) is 6.92 Å². The first-order valence-electron chi connectivity index (χ1n) is 9.15. The van der Waals surface area contributed by atoms with E-state index in [1.165, 1.54) is 5.56 Å². The molecule has 0 nitrogen and oxygen atoms in total. The van der Waals surface area contributed by atoms with Crippen molar-refractivity contribution in [1.82, 2.24) is 0 Å². The second-order valence-electron chi connectivity index (χ2n) is 6.57. The van der Waals surface area contributed by atoms with Crippen molar-refractivity contribution in [3.63, 3.8) is 0 Å². The van der Waals surface area contributed by atoms with E-state index in [-0.39, 0.29) is 0 Å². The third-order valence-electron chi connectivity index (χ3n) is 4.57. The van der Waals surface area contributed by atoms with E-state index < -0.39 is 5.31 Å². The first kappa shape index (κ1) is 20.6. The summed E-state index contributed by atoms with van der Waals surface area (Å²) in [6, 6.07) is 40.1. The molecule has 0 unspecified atom stereocenters. The third-order valence-corrected chi connectivity index (χ3v) is 11.7. The summed E-state index contributed by atoms with van der Waals surface area (Å²) in [5.74, 6) is 0. The van der Waals surface area contributed by atoms with Crippen LogP contribution >= 0.6 is 27.8 Å². The van der Waals surface area contributed by atoms with Crippen LogP contribution in [0.1, 0.15) is 5.56 Å².